The summed E-state index contributed by atoms with van der Waals surface area (Å²) >= 11 is 0. The molecule has 2 aromatic carbocycles. The normalized spacial score (nSPS) is 14.7. The third-order valence-electron chi connectivity index (χ3n) is 7.29. The third kappa shape index (κ3) is 5.70. The van der Waals surface area contributed by atoms with Gasteiger partial charge in [-0.2, -0.15) is 0 Å². The van der Waals surface area contributed by atoms with E-state index in [1.807, 2.05) is 36.1 Å². The maximum absolute atomic E-state index is 5.91. The lowest BCUT2D eigenvalue weighted by atomic mass is 9.97. The third-order valence-corrected chi connectivity index (χ3v) is 7.29. The Bertz CT molecular complexity index is 1320. The number of nitrogens with zero attached hydrogens (tertiary/aromatic N) is 5. The highest BCUT2D eigenvalue weighted by atomic mass is 16.5. The summed E-state index contributed by atoms with van der Waals surface area (Å²) in [5.74, 6) is 2.16. The van der Waals surface area contributed by atoms with Crippen molar-refractivity contribution in [1.29, 1.82) is 0 Å². The fourth-order valence-electron chi connectivity index (χ4n) is 5.00. The number of hydrogen-bond donors (Lipinski definition) is 1. The molecule has 0 amide bonds. The van der Waals surface area contributed by atoms with Gasteiger partial charge in [-0.1, -0.05) is 0 Å². The molecule has 0 aliphatic carbocycles. The molecule has 0 unspecified atom stereocenters. The molecule has 4 aromatic rings. The van der Waals surface area contributed by atoms with E-state index in [0.717, 1.165) is 90.7 Å². The van der Waals surface area contributed by atoms with Gasteiger partial charge in [-0.15, -0.1) is 0 Å². The van der Waals surface area contributed by atoms with Crippen molar-refractivity contribution >= 4 is 22.4 Å². The molecule has 3 heterocycles. The van der Waals surface area contributed by atoms with E-state index < -0.39 is 0 Å². The summed E-state index contributed by atoms with van der Waals surface area (Å²) in [5, 5.41) is 0. The number of rotatable bonds is 9. The first kappa shape index (κ1) is 25.0. The molecule has 2 N–H and O–H groups in total. The molecule has 0 spiro atoms. The van der Waals surface area contributed by atoms with Gasteiger partial charge in [0.2, 0.25) is 0 Å². The van der Waals surface area contributed by atoms with E-state index in [9.17, 15) is 0 Å². The highest BCUT2D eigenvalue weighted by molar-refractivity contribution is 5.82. The van der Waals surface area contributed by atoms with Crippen molar-refractivity contribution in [3.63, 3.8) is 0 Å². The predicted octanol–water partition coefficient (Wildman–Crippen LogP) is 4.46. The summed E-state index contributed by atoms with van der Waals surface area (Å²) < 4.78 is 13.2. The van der Waals surface area contributed by atoms with Crippen LogP contribution < -0.4 is 20.1 Å². The molecule has 194 valence electrons. The predicted molar refractivity (Wildman–Crippen MR) is 149 cm³/mol. The van der Waals surface area contributed by atoms with Crippen LogP contribution in [0.15, 0.2) is 61.1 Å². The SMILES string of the molecule is COc1cc(OC)cc(N(CCN2CCC(CN)CC2)c2ccc3ncc(-c4ccn(C)c4)nc3c2)c1. The van der Waals surface area contributed by atoms with Crippen molar-refractivity contribution in [1.82, 2.24) is 19.4 Å². The van der Waals surface area contributed by atoms with Crippen molar-refractivity contribution in [2.75, 3.05) is 51.8 Å². The van der Waals surface area contributed by atoms with Gasteiger partial charge in [-0.25, -0.2) is 4.98 Å². The summed E-state index contributed by atoms with van der Waals surface area (Å²) in [7, 11) is 5.37. The first-order valence-electron chi connectivity index (χ1n) is 12.9. The molecular weight excluding hydrogens is 464 g/mol. The average molecular weight is 501 g/mol. The van der Waals surface area contributed by atoms with E-state index in [2.05, 4.69) is 51.3 Å². The van der Waals surface area contributed by atoms with Gasteiger partial charge in [0, 0.05) is 67.7 Å². The van der Waals surface area contributed by atoms with Gasteiger partial charge in [0.1, 0.15) is 11.5 Å². The molecule has 8 heteroatoms. The molecule has 0 bridgehead atoms. The second kappa shape index (κ2) is 11.2. The molecule has 5 rings (SSSR count). The number of ether oxygens (including phenoxy) is 2. The van der Waals surface area contributed by atoms with Crippen LogP contribution in [-0.4, -0.2) is 66.4 Å². The van der Waals surface area contributed by atoms with E-state index in [-0.39, 0.29) is 0 Å². The fraction of sp³-hybridized carbons (Fsp3) is 0.379. The summed E-state index contributed by atoms with van der Waals surface area (Å²) in [6.45, 7) is 4.72. The van der Waals surface area contributed by atoms with Gasteiger partial charge in [-0.05, 0) is 62.7 Å². The molecular formula is C29H36N6O2. The fourth-order valence-corrected chi connectivity index (χ4v) is 5.00. The van der Waals surface area contributed by atoms with Gasteiger partial charge in [0.15, 0.2) is 0 Å². The molecule has 37 heavy (non-hydrogen) atoms. The van der Waals surface area contributed by atoms with Crippen molar-refractivity contribution in [3.05, 3.63) is 61.1 Å². The summed E-state index contributed by atoms with van der Waals surface area (Å²) in [6, 6.07) is 14.4. The van der Waals surface area contributed by atoms with Crippen LogP contribution >= 0.6 is 0 Å². The van der Waals surface area contributed by atoms with Crippen LogP contribution in [0.2, 0.25) is 0 Å². The van der Waals surface area contributed by atoms with Crippen LogP contribution in [0.5, 0.6) is 11.5 Å². The molecule has 1 saturated heterocycles. The minimum absolute atomic E-state index is 0.646. The van der Waals surface area contributed by atoms with Gasteiger partial charge in [0.05, 0.1) is 37.1 Å². The van der Waals surface area contributed by atoms with Crippen molar-refractivity contribution < 1.29 is 9.47 Å². The number of aryl methyl sites for hydroxylation is 1. The topological polar surface area (TPSA) is 81.7 Å². The van der Waals surface area contributed by atoms with Gasteiger partial charge in [0.25, 0.3) is 0 Å². The number of fused-ring (bicyclic) bond motifs is 1. The zero-order valence-electron chi connectivity index (χ0n) is 21.9. The molecule has 1 fully saturated rings. The van der Waals surface area contributed by atoms with Crippen LogP contribution in [0.1, 0.15) is 12.8 Å². The van der Waals surface area contributed by atoms with Crippen LogP contribution in [0.3, 0.4) is 0 Å². The van der Waals surface area contributed by atoms with Crippen LogP contribution in [0.25, 0.3) is 22.3 Å². The summed E-state index contributed by atoms with van der Waals surface area (Å²) in [6.07, 6.45) is 8.25. The van der Waals surface area contributed by atoms with E-state index in [4.69, 9.17) is 20.2 Å². The Kier molecular flexibility index (Phi) is 7.58. The quantitative estimate of drug-likeness (QED) is 0.363. The molecule has 8 nitrogen and oxygen atoms in total. The van der Waals surface area contributed by atoms with E-state index in [0.29, 0.717) is 5.92 Å². The number of benzene rings is 2. The number of nitrogens with two attached hydrogens (primary N) is 1. The molecule has 1 aliphatic heterocycles. The molecule has 2 aromatic heterocycles. The van der Waals surface area contributed by atoms with Crippen LogP contribution in [0, 0.1) is 5.92 Å². The standard InChI is InChI=1S/C29H36N6O2/c1-33-9-8-22(20-33)29-19-31-27-5-4-23(16-28(27)32-29)35(13-12-34-10-6-21(18-30)7-11-34)24-14-25(36-2)17-26(15-24)37-3/h4-5,8-9,14-17,19-21H,6-7,10-13,18,30H2,1-3H3. The van der Waals surface area contributed by atoms with Crippen molar-refractivity contribution in [3.8, 4) is 22.8 Å². The van der Waals surface area contributed by atoms with Crippen molar-refractivity contribution in [2.24, 2.45) is 18.7 Å². The van der Waals surface area contributed by atoms with Gasteiger partial charge < -0.3 is 29.6 Å². The Balaban J connectivity index is 1.49. The smallest absolute Gasteiger partial charge is 0.124 e. The monoisotopic (exact) mass is 500 g/mol. The molecule has 0 atom stereocenters. The minimum Gasteiger partial charge on any atom is -0.497 e. The Labute approximate surface area is 218 Å². The highest BCUT2D eigenvalue weighted by Crippen LogP contribution is 2.34. The first-order chi connectivity index (χ1) is 18.1. The maximum atomic E-state index is 5.91. The lowest BCUT2D eigenvalue weighted by Gasteiger charge is -2.34. The number of hydrogen-bond acceptors (Lipinski definition) is 7. The van der Waals surface area contributed by atoms with Gasteiger partial charge >= 0.3 is 0 Å². The second-order valence-corrected chi connectivity index (χ2v) is 9.74. The zero-order chi connectivity index (χ0) is 25.8. The molecule has 0 radical (unpaired) electrons. The number of methoxy groups -OCH3 is 2. The molecule has 0 saturated carbocycles. The number of likely N-dealkylation sites (tertiary alicyclic amines) is 1. The second-order valence-electron chi connectivity index (χ2n) is 9.74. The summed E-state index contributed by atoms with van der Waals surface area (Å²) in [4.78, 5) is 14.5. The Morgan fingerprint density at radius 2 is 1.73 bits per heavy atom. The van der Waals surface area contributed by atoms with Crippen molar-refractivity contribution in [2.45, 2.75) is 12.8 Å². The lowest BCUT2D eigenvalue weighted by molar-refractivity contribution is 0.192. The number of anilines is 2. The van der Waals surface area contributed by atoms with Crippen LogP contribution in [0.4, 0.5) is 11.4 Å². The average Bonchev–Trinajstić information content (AvgIpc) is 3.39. The lowest BCUT2D eigenvalue weighted by Crippen LogP contribution is -2.40. The van der Waals surface area contributed by atoms with E-state index in [1.54, 1.807) is 14.2 Å². The zero-order valence-corrected chi connectivity index (χ0v) is 21.9. The largest absolute Gasteiger partial charge is 0.497 e. The first-order valence-corrected chi connectivity index (χ1v) is 12.9. The van der Waals surface area contributed by atoms with E-state index >= 15 is 0 Å². The van der Waals surface area contributed by atoms with Gasteiger partial charge in [-0.3, -0.25) is 4.98 Å². The maximum Gasteiger partial charge on any atom is 0.124 e. The Morgan fingerprint density at radius 1 is 0.973 bits per heavy atom. The summed E-state index contributed by atoms with van der Waals surface area (Å²) in [5.41, 5.74) is 11.6. The Morgan fingerprint density at radius 3 is 2.38 bits per heavy atom. The minimum atomic E-state index is 0.646. The van der Waals surface area contributed by atoms with Crippen LogP contribution in [-0.2, 0) is 7.05 Å². The molecule has 1 aliphatic rings. The highest BCUT2D eigenvalue weighted by Gasteiger charge is 2.20. The number of aromatic nitrogens is 3. The van der Waals surface area contributed by atoms with E-state index in [1.165, 1.54) is 0 Å². The number of piperidine rings is 1. The Hall–Kier alpha value is -3.62.